The molecule has 0 spiro atoms. The number of aliphatic hydroxyl groups is 1. The molecule has 0 aliphatic rings. The van der Waals surface area contributed by atoms with Crippen LogP contribution in [-0.2, 0) is 11.4 Å². The van der Waals surface area contributed by atoms with Crippen LogP contribution in [0.1, 0.15) is 37.7 Å². The molecule has 0 aromatic heterocycles. The number of anilines is 1. The van der Waals surface area contributed by atoms with Crippen molar-refractivity contribution in [3.8, 4) is 0 Å². The molecule has 0 aliphatic heterocycles. The number of carbonyl (C=O) groups excluding carboxylic acids is 1. The number of nitrogens with two attached hydrogens (primary N) is 1. The molecule has 1 rings (SSSR count). The first kappa shape index (κ1) is 14.7. The summed E-state index contributed by atoms with van der Waals surface area (Å²) in [6, 6.07) is 7.21. The number of hydrogen-bond donors (Lipinski definition) is 3. The van der Waals surface area contributed by atoms with E-state index in [1.54, 1.807) is 24.3 Å². The van der Waals surface area contributed by atoms with Crippen molar-refractivity contribution >= 4 is 11.6 Å². The SMILES string of the molecule is NCCCCCCC(=O)Nc1ccc(CO)cc1. The monoisotopic (exact) mass is 250 g/mol. The van der Waals surface area contributed by atoms with E-state index in [0.29, 0.717) is 6.42 Å². The van der Waals surface area contributed by atoms with Gasteiger partial charge in [0.25, 0.3) is 0 Å². The predicted octanol–water partition coefficient (Wildman–Crippen LogP) is 2.03. The van der Waals surface area contributed by atoms with E-state index >= 15 is 0 Å². The van der Waals surface area contributed by atoms with Crippen LogP contribution in [0.5, 0.6) is 0 Å². The van der Waals surface area contributed by atoms with E-state index in [0.717, 1.165) is 43.5 Å². The minimum atomic E-state index is 0.0232. The molecule has 0 saturated carbocycles. The molecule has 0 heterocycles. The molecule has 0 radical (unpaired) electrons. The summed E-state index contributed by atoms with van der Waals surface area (Å²) in [6.45, 7) is 0.749. The highest BCUT2D eigenvalue weighted by Crippen LogP contribution is 2.11. The second-order valence-electron chi connectivity index (χ2n) is 4.36. The molecule has 1 amide bonds. The van der Waals surface area contributed by atoms with Crippen molar-refractivity contribution in [3.05, 3.63) is 29.8 Å². The number of rotatable bonds is 8. The molecule has 4 heteroatoms. The molecule has 0 saturated heterocycles. The van der Waals surface area contributed by atoms with Gasteiger partial charge in [-0.3, -0.25) is 4.79 Å². The van der Waals surface area contributed by atoms with Gasteiger partial charge in [-0.25, -0.2) is 0 Å². The number of carbonyl (C=O) groups is 1. The van der Waals surface area contributed by atoms with Gasteiger partial charge < -0.3 is 16.2 Å². The fourth-order valence-electron chi connectivity index (χ4n) is 1.70. The first-order valence-electron chi connectivity index (χ1n) is 6.46. The second kappa shape index (κ2) is 8.66. The lowest BCUT2D eigenvalue weighted by molar-refractivity contribution is -0.116. The van der Waals surface area contributed by atoms with E-state index in [2.05, 4.69) is 5.32 Å². The molecule has 0 aliphatic carbocycles. The van der Waals surface area contributed by atoms with Crippen molar-refractivity contribution in [3.63, 3.8) is 0 Å². The summed E-state index contributed by atoms with van der Waals surface area (Å²) in [7, 11) is 0. The maximum absolute atomic E-state index is 11.6. The van der Waals surface area contributed by atoms with Crippen LogP contribution in [0.4, 0.5) is 5.69 Å². The fourth-order valence-corrected chi connectivity index (χ4v) is 1.70. The fraction of sp³-hybridized carbons (Fsp3) is 0.500. The highest BCUT2D eigenvalue weighted by molar-refractivity contribution is 5.90. The summed E-state index contributed by atoms with van der Waals surface area (Å²) in [5, 5.41) is 11.7. The van der Waals surface area contributed by atoms with Gasteiger partial charge in [-0.2, -0.15) is 0 Å². The van der Waals surface area contributed by atoms with Gasteiger partial charge in [0.1, 0.15) is 0 Å². The zero-order valence-electron chi connectivity index (χ0n) is 10.7. The van der Waals surface area contributed by atoms with E-state index < -0.39 is 0 Å². The smallest absolute Gasteiger partial charge is 0.224 e. The normalized spacial score (nSPS) is 10.3. The van der Waals surface area contributed by atoms with Crippen molar-refractivity contribution < 1.29 is 9.90 Å². The molecule has 4 nitrogen and oxygen atoms in total. The molecule has 4 N–H and O–H groups in total. The van der Waals surface area contributed by atoms with E-state index in [1.807, 2.05) is 0 Å². The van der Waals surface area contributed by atoms with Gasteiger partial charge in [-0.1, -0.05) is 25.0 Å². The summed E-state index contributed by atoms with van der Waals surface area (Å²) in [4.78, 5) is 11.6. The maximum atomic E-state index is 11.6. The van der Waals surface area contributed by atoms with Crippen LogP contribution in [0.15, 0.2) is 24.3 Å². The van der Waals surface area contributed by atoms with Crippen molar-refractivity contribution in [1.82, 2.24) is 0 Å². The number of amides is 1. The van der Waals surface area contributed by atoms with E-state index in [4.69, 9.17) is 10.8 Å². The lowest BCUT2D eigenvalue weighted by Crippen LogP contribution is -2.11. The highest BCUT2D eigenvalue weighted by atomic mass is 16.3. The lowest BCUT2D eigenvalue weighted by atomic mass is 10.1. The third-order valence-electron chi connectivity index (χ3n) is 2.78. The molecule has 1 aromatic carbocycles. The zero-order valence-corrected chi connectivity index (χ0v) is 10.7. The third-order valence-corrected chi connectivity index (χ3v) is 2.78. The van der Waals surface area contributed by atoms with Crippen LogP contribution in [-0.4, -0.2) is 17.6 Å². The van der Waals surface area contributed by atoms with Crippen molar-refractivity contribution in [1.29, 1.82) is 0 Å². The molecular formula is C14H22N2O2. The second-order valence-corrected chi connectivity index (χ2v) is 4.36. The Kier molecular flexibility index (Phi) is 7.06. The summed E-state index contributed by atoms with van der Waals surface area (Å²) < 4.78 is 0. The van der Waals surface area contributed by atoms with Crippen molar-refractivity contribution in [2.75, 3.05) is 11.9 Å². The Morgan fingerprint density at radius 2 is 1.78 bits per heavy atom. The quantitative estimate of drug-likeness (QED) is 0.618. The molecule has 100 valence electrons. The van der Waals surface area contributed by atoms with E-state index in [1.165, 1.54) is 0 Å². The summed E-state index contributed by atoms with van der Waals surface area (Å²) in [5.41, 5.74) is 7.02. The molecule has 0 atom stereocenters. The van der Waals surface area contributed by atoms with Crippen molar-refractivity contribution in [2.24, 2.45) is 5.73 Å². The van der Waals surface area contributed by atoms with Gasteiger partial charge in [-0.05, 0) is 37.1 Å². The third kappa shape index (κ3) is 5.80. The molecule has 18 heavy (non-hydrogen) atoms. The van der Waals surface area contributed by atoms with E-state index in [-0.39, 0.29) is 12.5 Å². The number of nitrogens with one attached hydrogen (secondary N) is 1. The minimum absolute atomic E-state index is 0.0232. The first-order valence-corrected chi connectivity index (χ1v) is 6.46. The number of aliphatic hydroxyl groups excluding tert-OH is 1. The van der Waals surface area contributed by atoms with Gasteiger partial charge in [0.15, 0.2) is 0 Å². The number of benzene rings is 1. The minimum Gasteiger partial charge on any atom is -0.392 e. The maximum Gasteiger partial charge on any atom is 0.224 e. The summed E-state index contributed by atoms with van der Waals surface area (Å²) >= 11 is 0. The Bertz CT molecular complexity index is 349. The van der Waals surface area contributed by atoms with E-state index in [9.17, 15) is 4.79 Å². The number of hydrogen-bond acceptors (Lipinski definition) is 3. The molecule has 0 fully saturated rings. The Labute approximate surface area is 108 Å². The standard InChI is InChI=1S/C14H22N2O2/c15-10-4-2-1-3-5-14(18)16-13-8-6-12(11-17)7-9-13/h6-9,17H,1-5,10-11,15H2,(H,16,18). The molecule has 0 unspecified atom stereocenters. The molecular weight excluding hydrogens is 228 g/mol. The lowest BCUT2D eigenvalue weighted by Gasteiger charge is -2.05. The largest absolute Gasteiger partial charge is 0.392 e. The van der Waals surface area contributed by atoms with Gasteiger partial charge >= 0.3 is 0 Å². The van der Waals surface area contributed by atoms with Crippen LogP contribution in [0.3, 0.4) is 0 Å². The average Bonchev–Trinajstić information content (AvgIpc) is 2.39. The molecule has 1 aromatic rings. The van der Waals surface area contributed by atoms with Gasteiger partial charge in [-0.15, -0.1) is 0 Å². The summed E-state index contributed by atoms with van der Waals surface area (Å²) in [5.74, 6) is 0.0412. The van der Waals surface area contributed by atoms with Crippen LogP contribution in [0.25, 0.3) is 0 Å². The Morgan fingerprint density at radius 3 is 2.39 bits per heavy atom. The predicted molar refractivity (Wildman–Crippen MR) is 73.1 cm³/mol. The number of unbranched alkanes of at least 4 members (excludes halogenated alkanes) is 3. The first-order chi connectivity index (χ1) is 8.76. The summed E-state index contributed by atoms with van der Waals surface area (Å²) in [6.07, 6.45) is 4.63. The van der Waals surface area contributed by atoms with Crippen LogP contribution < -0.4 is 11.1 Å². The van der Waals surface area contributed by atoms with Crippen molar-refractivity contribution in [2.45, 2.75) is 38.7 Å². The van der Waals surface area contributed by atoms with Crippen LogP contribution in [0, 0.1) is 0 Å². The highest BCUT2D eigenvalue weighted by Gasteiger charge is 2.02. The zero-order chi connectivity index (χ0) is 13.2. The topological polar surface area (TPSA) is 75.4 Å². The van der Waals surface area contributed by atoms with Gasteiger partial charge in [0.2, 0.25) is 5.91 Å². The Morgan fingerprint density at radius 1 is 1.11 bits per heavy atom. The van der Waals surface area contributed by atoms with Gasteiger partial charge in [0.05, 0.1) is 6.61 Å². The Balaban J connectivity index is 2.22. The van der Waals surface area contributed by atoms with Crippen LogP contribution >= 0.6 is 0 Å². The average molecular weight is 250 g/mol. The van der Waals surface area contributed by atoms with Gasteiger partial charge in [0, 0.05) is 12.1 Å². The Hall–Kier alpha value is -1.39. The molecule has 0 bridgehead atoms. The van der Waals surface area contributed by atoms with Crippen LogP contribution in [0.2, 0.25) is 0 Å².